The number of amides is 1. The number of nitrogens with zero attached hydrogens (tertiary/aromatic N) is 2. The summed E-state index contributed by atoms with van der Waals surface area (Å²) in [6, 6.07) is 6.41. The Morgan fingerprint density at radius 3 is 2.61 bits per heavy atom. The standard InChI is InChI=1S/C20H29F3N4O3.HI/c1-19(2,3)30-18(28)26-15-8-9-27(12-15)17(24-4)25-11-14-6-5-7-16(10-14)29-13-20(21,22)23;/h5-7,10,15H,8-9,11-13H2,1-4H3,(H,24,25)(H,26,28);1H. The predicted octanol–water partition coefficient (Wildman–Crippen LogP) is 3.92. The van der Waals surface area contributed by atoms with Gasteiger partial charge in [0.05, 0.1) is 6.04 Å². The van der Waals surface area contributed by atoms with Crippen LogP contribution in [0.2, 0.25) is 0 Å². The molecule has 0 aliphatic carbocycles. The van der Waals surface area contributed by atoms with Crippen LogP contribution in [0.5, 0.6) is 5.75 Å². The molecular formula is C20H30F3IN4O3. The summed E-state index contributed by atoms with van der Waals surface area (Å²) in [5, 5.41) is 6.05. The van der Waals surface area contributed by atoms with Crippen molar-refractivity contribution in [2.24, 2.45) is 4.99 Å². The average Bonchev–Trinajstić information content (AvgIpc) is 3.07. The van der Waals surface area contributed by atoms with E-state index in [1.807, 2.05) is 25.7 Å². The Morgan fingerprint density at radius 1 is 1.29 bits per heavy atom. The van der Waals surface area contributed by atoms with Gasteiger partial charge in [-0.3, -0.25) is 4.99 Å². The highest BCUT2D eigenvalue weighted by molar-refractivity contribution is 14.0. The highest BCUT2D eigenvalue weighted by Gasteiger charge is 2.29. The lowest BCUT2D eigenvalue weighted by molar-refractivity contribution is -0.153. The van der Waals surface area contributed by atoms with E-state index in [1.165, 1.54) is 6.07 Å². The second-order valence-electron chi connectivity index (χ2n) is 8.03. The van der Waals surface area contributed by atoms with Crippen molar-refractivity contribution in [1.29, 1.82) is 0 Å². The molecule has 1 saturated heterocycles. The number of carbonyl (C=O) groups is 1. The van der Waals surface area contributed by atoms with Crippen LogP contribution in [-0.4, -0.2) is 61.5 Å². The summed E-state index contributed by atoms with van der Waals surface area (Å²) in [7, 11) is 1.65. The SMILES string of the molecule is CN=C(NCc1cccc(OCC(F)(F)F)c1)N1CCC(NC(=O)OC(C)(C)C)C1.I. The minimum absolute atomic E-state index is 0. The number of alkyl halides is 3. The number of rotatable bonds is 5. The fourth-order valence-corrected chi connectivity index (χ4v) is 2.97. The molecule has 11 heteroatoms. The van der Waals surface area contributed by atoms with Gasteiger partial charge >= 0.3 is 12.3 Å². The molecule has 1 aliphatic heterocycles. The van der Waals surface area contributed by atoms with Crippen molar-refractivity contribution >= 4 is 36.0 Å². The van der Waals surface area contributed by atoms with E-state index in [2.05, 4.69) is 15.6 Å². The number of aliphatic imine (C=N–C) groups is 1. The second kappa shape index (κ2) is 11.6. The van der Waals surface area contributed by atoms with Gasteiger partial charge in [-0.2, -0.15) is 13.2 Å². The van der Waals surface area contributed by atoms with E-state index in [1.54, 1.807) is 25.2 Å². The molecule has 1 amide bonds. The van der Waals surface area contributed by atoms with Crippen molar-refractivity contribution in [3.63, 3.8) is 0 Å². The number of hydrogen-bond acceptors (Lipinski definition) is 4. The summed E-state index contributed by atoms with van der Waals surface area (Å²) in [5.41, 5.74) is 0.205. The fourth-order valence-electron chi connectivity index (χ4n) is 2.97. The lowest BCUT2D eigenvalue weighted by Gasteiger charge is -2.23. The first-order valence-electron chi connectivity index (χ1n) is 9.69. The van der Waals surface area contributed by atoms with Crippen LogP contribution in [0.15, 0.2) is 29.3 Å². The highest BCUT2D eigenvalue weighted by atomic mass is 127. The number of carbonyl (C=O) groups excluding carboxylic acids is 1. The average molecular weight is 558 g/mol. The van der Waals surface area contributed by atoms with Gasteiger partial charge in [0.2, 0.25) is 0 Å². The van der Waals surface area contributed by atoms with E-state index in [0.717, 1.165) is 12.0 Å². The van der Waals surface area contributed by atoms with E-state index in [0.29, 0.717) is 25.6 Å². The predicted molar refractivity (Wildman–Crippen MR) is 123 cm³/mol. The van der Waals surface area contributed by atoms with Crippen molar-refractivity contribution in [3.05, 3.63) is 29.8 Å². The van der Waals surface area contributed by atoms with E-state index in [4.69, 9.17) is 9.47 Å². The molecule has 1 aromatic carbocycles. The smallest absolute Gasteiger partial charge is 0.422 e. The number of halogens is 4. The van der Waals surface area contributed by atoms with Gasteiger partial charge in [0.1, 0.15) is 11.4 Å². The van der Waals surface area contributed by atoms with E-state index < -0.39 is 24.5 Å². The molecule has 176 valence electrons. The molecule has 1 atom stereocenters. The Kier molecular flexibility index (Phi) is 10.2. The number of guanidine groups is 1. The van der Waals surface area contributed by atoms with Crippen LogP contribution in [0, 0.1) is 0 Å². The molecule has 0 spiro atoms. The minimum atomic E-state index is -4.38. The molecule has 0 saturated carbocycles. The zero-order valence-corrected chi connectivity index (χ0v) is 20.4. The zero-order valence-electron chi connectivity index (χ0n) is 18.1. The Morgan fingerprint density at radius 2 is 2.00 bits per heavy atom. The lowest BCUT2D eigenvalue weighted by atomic mass is 10.2. The van der Waals surface area contributed by atoms with Crippen LogP contribution in [0.1, 0.15) is 32.8 Å². The third kappa shape index (κ3) is 10.3. The quantitative estimate of drug-likeness (QED) is 0.326. The summed E-state index contributed by atoms with van der Waals surface area (Å²) >= 11 is 0. The van der Waals surface area contributed by atoms with Gasteiger partial charge in [-0.15, -0.1) is 24.0 Å². The maximum atomic E-state index is 12.3. The van der Waals surface area contributed by atoms with Crippen LogP contribution < -0.4 is 15.4 Å². The fraction of sp³-hybridized carbons (Fsp3) is 0.600. The molecule has 1 aromatic rings. The summed E-state index contributed by atoms with van der Waals surface area (Å²) < 4.78 is 47.0. The summed E-state index contributed by atoms with van der Waals surface area (Å²) in [4.78, 5) is 18.2. The first-order valence-corrected chi connectivity index (χ1v) is 9.69. The third-order valence-electron chi connectivity index (χ3n) is 4.17. The van der Waals surface area contributed by atoms with Crippen LogP contribution in [-0.2, 0) is 11.3 Å². The van der Waals surface area contributed by atoms with E-state index in [-0.39, 0.29) is 35.8 Å². The molecule has 31 heavy (non-hydrogen) atoms. The van der Waals surface area contributed by atoms with Gasteiger partial charge in [-0.25, -0.2) is 4.79 Å². The molecule has 2 N–H and O–H groups in total. The summed E-state index contributed by atoms with van der Waals surface area (Å²) in [5.74, 6) is 0.800. The van der Waals surface area contributed by atoms with Gasteiger partial charge in [0.15, 0.2) is 12.6 Å². The Bertz CT molecular complexity index is 754. The van der Waals surface area contributed by atoms with Crippen LogP contribution in [0.3, 0.4) is 0 Å². The van der Waals surface area contributed by atoms with Crippen molar-refractivity contribution in [2.45, 2.75) is 51.6 Å². The van der Waals surface area contributed by atoms with Gasteiger partial charge in [-0.1, -0.05) is 12.1 Å². The van der Waals surface area contributed by atoms with Gasteiger partial charge < -0.3 is 25.0 Å². The molecular weight excluding hydrogens is 528 g/mol. The van der Waals surface area contributed by atoms with Crippen LogP contribution in [0.4, 0.5) is 18.0 Å². The monoisotopic (exact) mass is 558 g/mol. The Labute approximate surface area is 197 Å². The summed E-state index contributed by atoms with van der Waals surface area (Å²) in [6.45, 7) is 5.75. The van der Waals surface area contributed by atoms with Gasteiger partial charge in [0.25, 0.3) is 0 Å². The third-order valence-corrected chi connectivity index (χ3v) is 4.17. The normalized spacial score (nSPS) is 17.1. The number of hydrogen-bond donors (Lipinski definition) is 2. The number of alkyl carbamates (subject to hydrolysis) is 1. The zero-order chi connectivity index (χ0) is 22.4. The molecule has 1 fully saturated rings. The Hall–Kier alpha value is -1.92. The highest BCUT2D eigenvalue weighted by Crippen LogP contribution is 2.19. The first kappa shape index (κ1) is 27.1. The number of ether oxygens (including phenoxy) is 2. The van der Waals surface area contributed by atoms with Crippen LogP contribution >= 0.6 is 24.0 Å². The molecule has 0 radical (unpaired) electrons. The summed E-state index contributed by atoms with van der Waals surface area (Å²) in [6.07, 6.45) is -4.08. The minimum Gasteiger partial charge on any atom is -0.484 e. The van der Waals surface area contributed by atoms with Gasteiger partial charge in [0, 0.05) is 26.7 Å². The molecule has 1 aliphatic rings. The van der Waals surface area contributed by atoms with E-state index in [9.17, 15) is 18.0 Å². The molecule has 0 aromatic heterocycles. The van der Waals surface area contributed by atoms with Crippen molar-refractivity contribution in [2.75, 3.05) is 26.7 Å². The Balaban J connectivity index is 0.00000480. The van der Waals surface area contributed by atoms with Gasteiger partial charge in [-0.05, 0) is 44.9 Å². The number of benzene rings is 1. The first-order chi connectivity index (χ1) is 13.9. The number of nitrogens with one attached hydrogen (secondary N) is 2. The van der Waals surface area contributed by atoms with E-state index >= 15 is 0 Å². The van der Waals surface area contributed by atoms with Crippen LogP contribution in [0.25, 0.3) is 0 Å². The number of likely N-dealkylation sites (tertiary alicyclic amines) is 1. The lowest BCUT2D eigenvalue weighted by Crippen LogP contribution is -2.44. The maximum absolute atomic E-state index is 12.3. The molecule has 0 bridgehead atoms. The van der Waals surface area contributed by atoms with Crippen molar-refractivity contribution in [1.82, 2.24) is 15.5 Å². The van der Waals surface area contributed by atoms with Crippen molar-refractivity contribution < 1.29 is 27.4 Å². The molecule has 2 rings (SSSR count). The second-order valence-corrected chi connectivity index (χ2v) is 8.03. The molecule has 7 nitrogen and oxygen atoms in total. The topological polar surface area (TPSA) is 75.2 Å². The molecule has 1 unspecified atom stereocenters. The maximum Gasteiger partial charge on any atom is 0.422 e. The molecule has 1 heterocycles. The largest absolute Gasteiger partial charge is 0.484 e. The van der Waals surface area contributed by atoms with Crippen molar-refractivity contribution in [3.8, 4) is 5.75 Å².